The second-order valence-electron chi connectivity index (χ2n) is 4.61. The first-order valence-electron chi connectivity index (χ1n) is 6.97. The van der Waals surface area contributed by atoms with Gasteiger partial charge in [-0.3, -0.25) is 9.78 Å². The summed E-state index contributed by atoms with van der Waals surface area (Å²) in [5, 5.41) is 3.41. The number of anilines is 2. The van der Waals surface area contributed by atoms with E-state index in [-0.39, 0.29) is 5.56 Å². The Balaban J connectivity index is 2.27. The van der Waals surface area contributed by atoms with E-state index in [1.165, 1.54) is 11.3 Å². The standard InChI is InChI=1S/C14H18N4O3S/c1-5-9-7(3)15-13(17-11(9)19)18-14-16-8(4)10(22-14)12(20)21-6-2/h5-6H2,1-4H3,(H2,15,16,17,18,19). The molecule has 118 valence electrons. The smallest absolute Gasteiger partial charge is 0.350 e. The first-order valence-corrected chi connectivity index (χ1v) is 7.79. The van der Waals surface area contributed by atoms with Crippen LogP contribution in [0, 0.1) is 13.8 Å². The molecule has 2 aromatic heterocycles. The lowest BCUT2D eigenvalue weighted by Crippen LogP contribution is -2.17. The molecule has 0 spiro atoms. The van der Waals surface area contributed by atoms with Gasteiger partial charge in [0.05, 0.1) is 12.3 Å². The van der Waals surface area contributed by atoms with Gasteiger partial charge in [0.2, 0.25) is 5.95 Å². The van der Waals surface area contributed by atoms with Crippen LogP contribution >= 0.6 is 11.3 Å². The maximum atomic E-state index is 11.9. The minimum Gasteiger partial charge on any atom is -0.462 e. The van der Waals surface area contributed by atoms with Crippen LogP contribution in [0.15, 0.2) is 4.79 Å². The van der Waals surface area contributed by atoms with Gasteiger partial charge >= 0.3 is 5.97 Å². The molecule has 7 nitrogen and oxygen atoms in total. The molecule has 0 unspecified atom stereocenters. The molecule has 2 heterocycles. The zero-order valence-corrected chi connectivity index (χ0v) is 13.8. The van der Waals surface area contributed by atoms with Crippen LogP contribution in [-0.4, -0.2) is 27.5 Å². The highest BCUT2D eigenvalue weighted by Gasteiger charge is 2.17. The van der Waals surface area contributed by atoms with Crippen molar-refractivity contribution in [1.29, 1.82) is 0 Å². The van der Waals surface area contributed by atoms with E-state index in [0.29, 0.717) is 45.9 Å². The number of nitrogens with one attached hydrogen (secondary N) is 2. The van der Waals surface area contributed by atoms with Gasteiger partial charge in [0, 0.05) is 11.3 Å². The maximum absolute atomic E-state index is 11.9. The van der Waals surface area contributed by atoms with Crippen LogP contribution in [0.1, 0.15) is 40.5 Å². The molecule has 0 amide bonds. The number of H-pyrrole nitrogens is 1. The van der Waals surface area contributed by atoms with E-state index in [4.69, 9.17) is 4.74 Å². The molecule has 0 aliphatic heterocycles. The second-order valence-corrected chi connectivity index (χ2v) is 5.61. The lowest BCUT2D eigenvalue weighted by Gasteiger charge is -2.05. The third kappa shape index (κ3) is 3.33. The molecular formula is C14H18N4O3S. The lowest BCUT2D eigenvalue weighted by atomic mass is 10.2. The fraction of sp³-hybridized carbons (Fsp3) is 0.429. The Morgan fingerprint density at radius 3 is 2.59 bits per heavy atom. The molecule has 2 rings (SSSR count). The van der Waals surface area contributed by atoms with Gasteiger partial charge in [-0.2, -0.15) is 0 Å². The number of hydrogen-bond donors (Lipinski definition) is 2. The predicted molar refractivity (Wildman–Crippen MR) is 85.1 cm³/mol. The molecule has 0 saturated carbocycles. The zero-order chi connectivity index (χ0) is 16.3. The molecule has 0 aliphatic carbocycles. The molecule has 0 aliphatic rings. The summed E-state index contributed by atoms with van der Waals surface area (Å²) in [4.78, 5) is 35.4. The normalized spacial score (nSPS) is 10.5. The third-order valence-corrected chi connectivity index (χ3v) is 4.11. The van der Waals surface area contributed by atoms with Crippen LogP contribution < -0.4 is 10.9 Å². The number of aromatic amines is 1. The Morgan fingerprint density at radius 1 is 1.27 bits per heavy atom. The first-order chi connectivity index (χ1) is 10.5. The molecule has 0 atom stereocenters. The predicted octanol–water partition coefficient (Wildman–Crippen LogP) is 2.33. The number of carbonyl (C=O) groups is 1. The van der Waals surface area contributed by atoms with Crippen molar-refractivity contribution in [2.45, 2.75) is 34.1 Å². The number of aryl methyl sites for hydroxylation is 2. The van der Waals surface area contributed by atoms with Gasteiger partial charge in [0.1, 0.15) is 4.88 Å². The Labute approximate surface area is 131 Å². The average molecular weight is 322 g/mol. The third-order valence-electron chi connectivity index (χ3n) is 3.06. The summed E-state index contributed by atoms with van der Waals surface area (Å²) in [6, 6.07) is 0. The molecule has 0 bridgehead atoms. The zero-order valence-electron chi connectivity index (χ0n) is 12.9. The quantitative estimate of drug-likeness (QED) is 0.820. The summed E-state index contributed by atoms with van der Waals surface area (Å²) in [6.45, 7) is 7.49. The number of aromatic nitrogens is 3. The molecule has 2 N–H and O–H groups in total. The fourth-order valence-electron chi connectivity index (χ4n) is 2.02. The average Bonchev–Trinajstić information content (AvgIpc) is 2.79. The number of thiazole rings is 1. The molecule has 2 aromatic rings. The number of ether oxygens (including phenoxy) is 1. The Bertz CT molecular complexity index is 751. The summed E-state index contributed by atoms with van der Waals surface area (Å²) in [7, 11) is 0. The maximum Gasteiger partial charge on any atom is 0.350 e. The molecule has 0 radical (unpaired) electrons. The van der Waals surface area contributed by atoms with Crippen molar-refractivity contribution in [3.8, 4) is 0 Å². The van der Waals surface area contributed by atoms with Crippen LogP contribution in [0.3, 0.4) is 0 Å². The van der Waals surface area contributed by atoms with Crippen molar-refractivity contribution in [2.24, 2.45) is 0 Å². The van der Waals surface area contributed by atoms with Crippen molar-refractivity contribution in [2.75, 3.05) is 11.9 Å². The number of hydrogen-bond acceptors (Lipinski definition) is 7. The van der Waals surface area contributed by atoms with Crippen molar-refractivity contribution >= 4 is 28.4 Å². The molecule has 8 heteroatoms. The molecular weight excluding hydrogens is 304 g/mol. The van der Waals surface area contributed by atoms with Crippen molar-refractivity contribution in [3.05, 3.63) is 32.2 Å². The highest BCUT2D eigenvalue weighted by molar-refractivity contribution is 7.17. The van der Waals surface area contributed by atoms with E-state index < -0.39 is 5.97 Å². The van der Waals surface area contributed by atoms with Crippen molar-refractivity contribution in [3.63, 3.8) is 0 Å². The van der Waals surface area contributed by atoms with Gasteiger partial charge in [-0.25, -0.2) is 14.8 Å². The van der Waals surface area contributed by atoms with Gasteiger partial charge in [0.25, 0.3) is 5.56 Å². The minimum atomic E-state index is -0.399. The Kier molecular flexibility index (Phi) is 4.92. The van der Waals surface area contributed by atoms with E-state index in [1.54, 1.807) is 20.8 Å². The van der Waals surface area contributed by atoms with E-state index in [1.807, 2.05) is 6.92 Å². The van der Waals surface area contributed by atoms with Gasteiger partial charge in [-0.05, 0) is 27.2 Å². The summed E-state index contributed by atoms with van der Waals surface area (Å²) >= 11 is 1.17. The Morgan fingerprint density at radius 2 is 2.00 bits per heavy atom. The fourth-order valence-corrected chi connectivity index (χ4v) is 2.88. The van der Waals surface area contributed by atoms with Crippen molar-refractivity contribution in [1.82, 2.24) is 15.0 Å². The number of esters is 1. The van der Waals surface area contributed by atoms with Crippen LogP contribution in [0.4, 0.5) is 11.1 Å². The van der Waals surface area contributed by atoms with Crippen LogP contribution in [0.5, 0.6) is 0 Å². The molecule has 22 heavy (non-hydrogen) atoms. The summed E-state index contributed by atoms with van der Waals surface area (Å²) in [5.41, 5.74) is 1.74. The van der Waals surface area contributed by atoms with Gasteiger partial charge < -0.3 is 10.1 Å². The van der Waals surface area contributed by atoms with Gasteiger partial charge in [-0.1, -0.05) is 18.3 Å². The van der Waals surface area contributed by atoms with Crippen molar-refractivity contribution < 1.29 is 9.53 Å². The summed E-state index contributed by atoms with van der Waals surface area (Å²) < 4.78 is 4.97. The van der Waals surface area contributed by atoms with Crippen LogP contribution in [-0.2, 0) is 11.2 Å². The monoisotopic (exact) mass is 322 g/mol. The van der Waals surface area contributed by atoms with Crippen LogP contribution in [0.25, 0.3) is 0 Å². The Hall–Kier alpha value is -2.22. The second kappa shape index (κ2) is 6.69. The number of rotatable bonds is 5. The number of carbonyl (C=O) groups excluding carboxylic acids is 1. The number of nitrogens with zero attached hydrogens (tertiary/aromatic N) is 2. The van der Waals surface area contributed by atoms with E-state index in [2.05, 4.69) is 20.3 Å². The highest BCUT2D eigenvalue weighted by atomic mass is 32.1. The van der Waals surface area contributed by atoms with E-state index in [0.717, 1.165) is 0 Å². The summed E-state index contributed by atoms with van der Waals surface area (Å²) in [5.74, 6) is -0.0895. The lowest BCUT2D eigenvalue weighted by molar-refractivity contribution is 0.0531. The van der Waals surface area contributed by atoms with E-state index in [9.17, 15) is 9.59 Å². The van der Waals surface area contributed by atoms with Gasteiger partial charge in [0.15, 0.2) is 5.13 Å². The minimum absolute atomic E-state index is 0.170. The van der Waals surface area contributed by atoms with Crippen LogP contribution in [0.2, 0.25) is 0 Å². The van der Waals surface area contributed by atoms with Gasteiger partial charge in [-0.15, -0.1) is 0 Å². The SMILES string of the molecule is CCOC(=O)c1sc(Nc2nc(C)c(CC)c(=O)[nH]2)nc1C. The summed E-state index contributed by atoms with van der Waals surface area (Å²) in [6.07, 6.45) is 0.623. The largest absolute Gasteiger partial charge is 0.462 e. The molecule has 0 aromatic carbocycles. The van der Waals surface area contributed by atoms with E-state index >= 15 is 0 Å². The topological polar surface area (TPSA) is 97.0 Å². The molecule has 0 saturated heterocycles. The molecule has 0 fully saturated rings. The first kappa shape index (κ1) is 16.2. The highest BCUT2D eigenvalue weighted by Crippen LogP contribution is 2.25.